The molecule has 0 aromatic heterocycles. The fourth-order valence-electron chi connectivity index (χ4n) is 2.73. The van der Waals surface area contributed by atoms with Gasteiger partial charge in [-0.1, -0.05) is 39.0 Å². The van der Waals surface area contributed by atoms with Crippen molar-refractivity contribution in [2.24, 2.45) is 11.8 Å². The Balaban J connectivity index is 2.18. The maximum Gasteiger partial charge on any atom is 0.124 e. The molecule has 1 aromatic carbocycles. The highest BCUT2D eigenvalue weighted by molar-refractivity contribution is 5.38. The molecule has 0 saturated carbocycles. The molecule has 1 aliphatic heterocycles. The summed E-state index contributed by atoms with van der Waals surface area (Å²) in [5, 5.41) is 12.9. The first-order valence-corrected chi connectivity index (χ1v) is 7.22. The number of aliphatic hydroxyl groups is 1. The summed E-state index contributed by atoms with van der Waals surface area (Å²) in [6.45, 7) is 7.59. The molecule has 3 nitrogen and oxygen atoms in total. The minimum Gasteiger partial charge on any atom is -0.493 e. The van der Waals surface area contributed by atoms with Crippen molar-refractivity contribution in [3.8, 4) is 5.75 Å². The van der Waals surface area contributed by atoms with Gasteiger partial charge in [0.1, 0.15) is 5.75 Å². The van der Waals surface area contributed by atoms with E-state index in [4.69, 9.17) is 4.74 Å². The molecule has 1 aliphatic rings. The molecule has 3 heteroatoms. The second-order valence-corrected chi connectivity index (χ2v) is 5.83. The van der Waals surface area contributed by atoms with Crippen molar-refractivity contribution in [2.45, 2.75) is 39.3 Å². The van der Waals surface area contributed by atoms with Crippen LogP contribution in [0.15, 0.2) is 24.3 Å². The Kier molecular flexibility index (Phi) is 4.83. The number of fused-ring (bicyclic) bond motifs is 1. The Morgan fingerprint density at radius 2 is 2.11 bits per heavy atom. The van der Waals surface area contributed by atoms with Crippen LogP contribution in [0.3, 0.4) is 0 Å². The van der Waals surface area contributed by atoms with Gasteiger partial charge in [-0.25, -0.2) is 0 Å². The summed E-state index contributed by atoms with van der Waals surface area (Å²) in [5.41, 5.74) is 1.24. The zero-order chi connectivity index (χ0) is 13.8. The number of aliphatic hydroxyl groups excluding tert-OH is 1. The van der Waals surface area contributed by atoms with E-state index in [-0.39, 0.29) is 6.61 Å². The Bertz CT molecular complexity index is 405. The molecule has 19 heavy (non-hydrogen) atoms. The van der Waals surface area contributed by atoms with Crippen molar-refractivity contribution in [3.05, 3.63) is 29.8 Å². The molecule has 0 bridgehead atoms. The lowest BCUT2D eigenvalue weighted by Gasteiger charge is -2.36. The molecule has 3 unspecified atom stereocenters. The number of nitrogens with one attached hydrogen (secondary N) is 1. The van der Waals surface area contributed by atoms with E-state index in [0.29, 0.717) is 23.9 Å². The van der Waals surface area contributed by atoms with E-state index in [1.54, 1.807) is 0 Å². The van der Waals surface area contributed by atoms with Crippen LogP contribution in [0.2, 0.25) is 0 Å². The van der Waals surface area contributed by atoms with E-state index in [2.05, 4.69) is 38.2 Å². The van der Waals surface area contributed by atoms with Crippen molar-refractivity contribution < 1.29 is 9.84 Å². The zero-order valence-corrected chi connectivity index (χ0v) is 12.1. The van der Waals surface area contributed by atoms with Crippen LogP contribution >= 0.6 is 0 Å². The van der Waals surface area contributed by atoms with E-state index in [1.165, 1.54) is 5.56 Å². The molecule has 0 fully saturated rings. The number of benzene rings is 1. The van der Waals surface area contributed by atoms with Gasteiger partial charge in [0, 0.05) is 30.2 Å². The summed E-state index contributed by atoms with van der Waals surface area (Å²) >= 11 is 0. The second-order valence-electron chi connectivity index (χ2n) is 5.83. The molecule has 1 aromatic rings. The lowest BCUT2D eigenvalue weighted by atomic mass is 9.89. The summed E-state index contributed by atoms with van der Waals surface area (Å²) in [6.07, 6.45) is 0.796. The lowest BCUT2D eigenvalue weighted by molar-refractivity contribution is 0.162. The minimum absolute atomic E-state index is 0.231. The summed E-state index contributed by atoms with van der Waals surface area (Å²) in [4.78, 5) is 0. The minimum atomic E-state index is 0.231. The molecule has 0 aliphatic carbocycles. The predicted octanol–water partition coefficient (Wildman–Crippen LogP) is 2.75. The van der Waals surface area contributed by atoms with Gasteiger partial charge >= 0.3 is 0 Å². The van der Waals surface area contributed by atoms with Crippen LogP contribution in [0, 0.1) is 11.8 Å². The molecule has 3 atom stereocenters. The largest absolute Gasteiger partial charge is 0.493 e. The third-order valence-electron chi connectivity index (χ3n) is 3.96. The van der Waals surface area contributed by atoms with E-state index < -0.39 is 0 Å². The van der Waals surface area contributed by atoms with E-state index in [1.807, 2.05) is 12.1 Å². The first kappa shape index (κ1) is 14.4. The van der Waals surface area contributed by atoms with Crippen LogP contribution in [0.5, 0.6) is 5.75 Å². The topological polar surface area (TPSA) is 41.5 Å². The highest BCUT2D eigenvalue weighted by Gasteiger charge is 2.29. The predicted molar refractivity (Wildman–Crippen MR) is 77.3 cm³/mol. The average Bonchev–Trinajstić information content (AvgIpc) is 2.40. The van der Waals surface area contributed by atoms with Gasteiger partial charge in [-0.15, -0.1) is 0 Å². The normalized spacial score (nSPS) is 23.8. The Morgan fingerprint density at radius 1 is 1.37 bits per heavy atom. The van der Waals surface area contributed by atoms with Gasteiger partial charge in [0.25, 0.3) is 0 Å². The van der Waals surface area contributed by atoms with Gasteiger partial charge in [0.2, 0.25) is 0 Å². The van der Waals surface area contributed by atoms with Crippen molar-refractivity contribution in [1.82, 2.24) is 5.32 Å². The summed E-state index contributed by atoms with van der Waals surface area (Å²) in [5.74, 6) is 1.94. The number of para-hydroxylation sites is 1. The molecule has 2 N–H and O–H groups in total. The van der Waals surface area contributed by atoms with Crippen molar-refractivity contribution in [1.29, 1.82) is 0 Å². The molecule has 1 heterocycles. The van der Waals surface area contributed by atoms with Crippen LogP contribution in [-0.4, -0.2) is 24.4 Å². The van der Waals surface area contributed by atoms with Gasteiger partial charge in [-0.05, 0) is 18.4 Å². The highest BCUT2D eigenvalue weighted by atomic mass is 16.5. The molecule has 2 rings (SSSR count). The summed E-state index contributed by atoms with van der Waals surface area (Å²) in [6, 6.07) is 8.89. The first-order valence-electron chi connectivity index (χ1n) is 7.22. The summed E-state index contributed by atoms with van der Waals surface area (Å²) in [7, 11) is 0. The van der Waals surface area contributed by atoms with Crippen molar-refractivity contribution in [2.75, 3.05) is 13.2 Å². The van der Waals surface area contributed by atoms with Crippen LogP contribution in [0.4, 0.5) is 0 Å². The lowest BCUT2D eigenvalue weighted by Crippen LogP contribution is -2.42. The Hall–Kier alpha value is -1.06. The smallest absolute Gasteiger partial charge is 0.124 e. The summed E-state index contributed by atoms with van der Waals surface area (Å²) < 4.78 is 5.78. The van der Waals surface area contributed by atoms with E-state index in [9.17, 15) is 5.11 Å². The van der Waals surface area contributed by atoms with E-state index >= 15 is 0 Å². The van der Waals surface area contributed by atoms with Gasteiger partial charge in [0.15, 0.2) is 0 Å². The fourth-order valence-corrected chi connectivity index (χ4v) is 2.73. The second kappa shape index (κ2) is 6.40. The number of hydrogen-bond donors (Lipinski definition) is 2. The van der Waals surface area contributed by atoms with Crippen LogP contribution in [0.1, 0.15) is 38.8 Å². The molecule has 0 spiro atoms. The highest BCUT2D eigenvalue weighted by Crippen LogP contribution is 2.35. The third kappa shape index (κ3) is 3.28. The van der Waals surface area contributed by atoms with Gasteiger partial charge in [0.05, 0.1) is 6.61 Å². The van der Waals surface area contributed by atoms with Gasteiger partial charge < -0.3 is 15.2 Å². The van der Waals surface area contributed by atoms with E-state index in [0.717, 1.165) is 18.8 Å². The number of rotatable bonds is 5. The Morgan fingerprint density at radius 3 is 2.79 bits per heavy atom. The Labute approximate surface area is 116 Å². The number of ether oxygens (including phenoxy) is 1. The molecular weight excluding hydrogens is 238 g/mol. The van der Waals surface area contributed by atoms with Crippen LogP contribution < -0.4 is 10.1 Å². The van der Waals surface area contributed by atoms with Crippen molar-refractivity contribution >= 4 is 0 Å². The zero-order valence-electron chi connectivity index (χ0n) is 12.1. The monoisotopic (exact) mass is 263 g/mol. The SMILES string of the molecule is CC(C)C(CCO)NC1c2ccccc2OCC1C. The quantitative estimate of drug-likeness (QED) is 0.858. The standard InChI is InChI=1S/C16H25NO2/c1-11(2)14(8-9-18)17-16-12(3)10-19-15-7-5-4-6-13(15)16/h4-7,11-12,14,16-18H,8-10H2,1-3H3. The molecule has 0 radical (unpaired) electrons. The van der Waals surface area contributed by atoms with Crippen LogP contribution in [-0.2, 0) is 0 Å². The molecule has 0 amide bonds. The van der Waals surface area contributed by atoms with Crippen LogP contribution in [0.25, 0.3) is 0 Å². The fraction of sp³-hybridized carbons (Fsp3) is 0.625. The maximum atomic E-state index is 9.21. The average molecular weight is 263 g/mol. The van der Waals surface area contributed by atoms with Gasteiger partial charge in [-0.3, -0.25) is 0 Å². The molecule has 106 valence electrons. The number of hydrogen-bond acceptors (Lipinski definition) is 3. The third-order valence-corrected chi connectivity index (χ3v) is 3.96. The maximum absolute atomic E-state index is 9.21. The molecule has 0 saturated heterocycles. The molecular formula is C16H25NO2. The van der Waals surface area contributed by atoms with Crippen molar-refractivity contribution in [3.63, 3.8) is 0 Å². The first-order chi connectivity index (χ1) is 9.13. The van der Waals surface area contributed by atoms with Gasteiger partial charge in [-0.2, -0.15) is 0 Å².